The average Bonchev–Trinajstić information content (AvgIpc) is 2.83. The van der Waals surface area contributed by atoms with E-state index in [1.807, 2.05) is 13.0 Å². The molecule has 0 spiro atoms. The van der Waals surface area contributed by atoms with Gasteiger partial charge < -0.3 is 5.32 Å². The Kier molecular flexibility index (Phi) is 3.36. The van der Waals surface area contributed by atoms with Crippen molar-refractivity contribution < 1.29 is 8.42 Å². The maximum Gasteiger partial charge on any atom is 0.263 e. The summed E-state index contributed by atoms with van der Waals surface area (Å²) in [6.45, 7) is 2.87. The van der Waals surface area contributed by atoms with Gasteiger partial charge in [0.1, 0.15) is 0 Å². The smallest absolute Gasteiger partial charge is 0.263 e. The van der Waals surface area contributed by atoms with Crippen LogP contribution in [0, 0.1) is 6.92 Å². The van der Waals surface area contributed by atoms with Crippen molar-refractivity contribution in [2.75, 3.05) is 16.6 Å². The molecule has 1 aromatic carbocycles. The Bertz CT molecular complexity index is 780. The van der Waals surface area contributed by atoms with Crippen molar-refractivity contribution in [2.45, 2.75) is 24.7 Å². The molecule has 3 rings (SSSR count). The maximum atomic E-state index is 12.6. The predicted octanol–water partition coefficient (Wildman–Crippen LogP) is 1.89. The standard InChI is InChI=1S/C14H18N4O2S/c1-10-5-6-12(11-4-3-8-15-14(10)11)21(19,20)17-13-7-9-18(2)16-13/h5-7,9,15H,3-4,8H2,1-2H3,(H,16,17). The van der Waals surface area contributed by atoms with E-state index in [2.05, 4.69) is 15.1 Å². The molecule has 7 heteroatoms. The van der Waals surface area contributed by atoms with E-state index in [-0.39, 0.29) is 0 Å². The molecule has 1 aliphatic heterocycles. The number of rotatable bonds is 3. The summed E-state index contributed by atoms with van der Waals surface area (Å²) in [5.41, 5.74) is 2.89. The zero-order valence-electron chi connectivity index (χ0n) is 12.0. The van der Waals surface area contributed by atoms with Crippen molar-refractivity contribution in [1.29, 1.82) is 0 Å². The van der Waals surface area contributed by atoms with Gasteiger partial charge in [-0.05, 0) is 37.0 Å². The van der Waals surface area contributed by atoms with Crippen LogP contribution in [0.1, 0.15) is 17.5 Å². The quantitative estimate of drug-likeness (QED) is 0.908. The van der Waals surface area contributed by atoms with Crippen LogP contribution in [-0.4, -0.2) is 24.7 Å². The topological polar surface area (TPSA) is 76.0 Å². The second kappa shape index (κ2) is 5.07. The lowest BCUT2D eigenvalue weighted by molar-refractivity contribution is 0.599. The fraction of sp³-hybridized carbons (Fsp3) is 0.357. The minimum Gasteiger partial charge on any atom is -0.385 e. The van der Waals surface area contributed by atoms with Gasteiger partial charge in [-0.1, -0.05) is 6.07 Å². The Labute approximate surface area is 124 Å². The molecule has 0 fully saturated rings. The third kappa shape index (κ3) is 2.61. The zero-order valence-corrected chi connectivity index (χ0v) is 12.9. The number of aryl methyl sites for hydroxylation is 2. The van der Waals surface area contributed by atoms with Crippen LogP contribution in [0.5, 0.6) is 0 Å². The Morgan fingerprint density at radius 1 is 1.33 bits per heavy atom. The van der Waals surface area contributed by atoms with Gasteiger partial charge in [0.15, 0.2) is 5.82 Å². The Hall–Kier alpha value is -2.02. The van der Waals surface area contributed by atoms with Crippen molar-refractivity contribution in [2.24, 2.45) is 7.05 Å². The number of anilines is 2. The molecule has 0 amide bonds. The molecular weight excluding hydrogens is 288 g/mol. The van der Waals surface area contributed by atoms with Gasteiger partial charge in [-0.15, -0.1) is 0 Å². The van der Waals surface area contributed by atoms with E-state index in [0.29, 0.717) is 10.7 Å². The van der Waals surface area contributed by atoms with Crippen molar-refractivity contribution in [3.8, 4) is 0 Å². The Morgan fingerprint density at radius 2 is 2.14 bits per heavy atom. The number of nitrogens with zero attached hydrogens (tertiary/aromatic N) is 2. The van der Waals surface area contributed by atoms with E-state index in [4.69, 9.17) is 0 Å². The number of nitrogens with one attached hydrogen (secondary N) is 2. The van der Waals surface area contributed by atoms with Crippen LogP contribution in [-0.2, 0) is 23.5 Å². The molecule has 2 heterocycles. The van der Waals surface area contributed by atoms with E-state index in [1.165, 1.54) is 0 Å². The summed E-state index contributed by atoms with van der Waals surface area (Å²) in [7, 11) is -1.88. The lowest BCUT2D eigenvalue weighted by atomic mass is 10.00. The van der Waals surface area contributed by atoms with Gasteiger partial charge in [-0.2, -0.15) is 5.10 Å². The summed E-state index contributed by atoms with van der Waals surface area (Å²) in [4.78, 5) is 0.334. The Balaban J connectivity index is 2.03. The van der Waals surface area contributed by atoms with Crippen LogP contribution in [0.25, 0.3) is 0 Å². The van der Waals surface area contributed by atoms with Gasteiger partial charge in [0.25, 0.3) is 10.0 Å². The highest BCUT2D eigenvalue weighted by Crippen LogP contribution is 2.32. The lowest BCUT2D eigenvalue weighted by Crippen LogP contribution is -2.20. The third-order valence-electron chi connectivity index (χ3n) is 3.63. The summed E-state index contributed by atoms with van der Waals surface area (Å²) >= 11 is 0. The van der Waals surface area contributed by atoms with E-state index in [9.17, 15) is 8.42 Å². The number of aromatic nitrogens is 2. The second-order valence-electron chi connectivity index (χ2n) is 5.24. The van der Waals surface area contributed by atoms with E-state index >= 15 is 0 Å². The molecule has 0 saturated carbocycles. The van der Waals surface area contributed by atoms with Crippen LogP contribution in [0.4, 0.5) is 11.5 Å². The molecule has 0 radical (unpaired) electrons. The SMILES string of the molecule is Cc1ccc(S(=O)(=O)Nc2ccn(C)n2)c2c1NCCC2. The molecule has 6 nitrogen and oxygen atoms in total. The van der Waals surface area contributed by atoms with Crippen molar-refractivity contribution in [1.82, 2.24) is 9.78 Å². The minimum atomic E-state index is -3.62. The van der Waals surface area contributed by atoms with E-state index in [0.717, 1.165) is 36.2 Å². The number of hydrogen-bond donors (Lipinski definition) is 2. The van der Waals surface area contributed by atoms with Crippen LogP contribution in [0.15, 0.2) is 29.3 Å². The fourth-order valence-electron chi connectivity index (χ4n) is 2.63. The molecular formula is C14H18N4O2S. The first kappa shape index (κ1) is 13.9. The monoisotopic (exact) mass is 306 g/mol. The molecule has 1 aromatic heterocycles. The van der Waals surface area contributed by atoms with Crippen LogP contribution in [0.3, 0.4) is 0 Å². The molecule has 0 aliphatic carbocycles. The summed E-state index contributed by atoms with van der Waals surface area (Å²) in [6.07, 6.45) is 3.40. The number of benzene rings is 1. The van der Waals surface area contributed by atoms with Gasteiger partial charge in [0.2, 0.25) is 0 Å². The zero-order chi connectivity index (χ0) is 15.0. The first-order valence-corrected chi connectivity index (χ1v) is 8.34. The number of hydrogen-bond acceptors (Lipinski definition) is 4. The van der Waals surface area contributed by atoms with Crippen LogP contribution >= 0.6 is 0 Å². The van der Waals surface area contributed by atoms with Crippen LogP contribution < -0.4 is 10.0 Å². The number of fused-ring (bicyclic) bond motifs is 1. The number of sulfonamides is 1. The van der Waals surface area contributed by atoms with Crippen molar-refractivity contribution in [3.63, 3.8) is 0 Å². The molecule has 1 aliphatic rings. The first-order chi connectivity index (χ1) is 9.97. The van der Waals surface area contributed by atoms with Gasteiger partial charge in [0.05, 0.1) is 4.90 Å². The fourth-order valence-corrected chi connectivity index (χ4v) is 3.90. The van der Waals surface area contributed by atoms with Gasteiger partial charge in [-0.3, -0.25) is 9.40 Å². The predicted molar refractivity (Wildman–Crippen MR) is 82.0 cm³/mol. The van der Waals surface area contributed by atoms with Crippen molar-refractivity contribution >= 4 is 21.5 Å². The first-order valence-electron chi connectivity index (χ1n) is 6.86. The highest BCUT2D eigenvalue weighted by molar-refractivity contribution is 7.92. The molecule has 112 valence electrons. The second-order valence-corrected chi connectivity index (χ2v) is 6.90. The molecule has 0 bridgehead atoms. The summed E-state index contributed by atoms with van der Waals surface area (Å²) in [6, 6.07) is 5.15. The summed E-state index contributed by atoms with van der Waals surface area (Å²) in [5, 5.41) is 7.36. The highest BCUT2D eigenvalue weighted by Gasteiger charge is 2.24. The van der Waals surface area contributed by atoms with Crippen LogP contribution in [0.2, 0.25) is 0 Å². The largest absolute Gasteiger partial charge is 0.385 e. The van der Waals surface area contributed by atoms with Gasteiger partial charge >= 0.3 is 0 Å². The highest BCUT2D eigenvalue weighted by atomic mass is 32.2. The van der Waals surface area contributed by atoms with E-state index < -0.39 is 10.0 Å². The maximum absolute atomic E-state index is 12.6. The molecule has 21 heavy (non-hydrogen) atoms. The molecule has 0 saturated heterocycles. The average molecular weight is 306 g/mol. The normalized spacial score (nSPS) is 14.4. The van der Waals surface area contributed by atoms with E-state index in [1.54, 1.807) is 30.1 Å². The minimum absolute atomic E-state index is 0.329. The molecule has 0 atom stereocenters. The molecule has 2 N–H and O–H groups in total. The molecule has 2 aromatic rings. The van der Waals surface area contributed by atoms with Gasteiger partial charge in [0, 0.05) is 31.5 Å². The Morgan fingerprint density at radius 3 is 2.86 bits per heavy atom. The third-order valence-corrected chi connectivity index (χ3v) is 5.07. The van der Waals surface area contributed by atoms with Crippen molar-refractivity contribution in [3.05, 3.63) is 35.5 Å². The summed E-state index contributed by atoms with van der Waals surface area (Å²) in [5.74, 6) is 0.329. The molecule has 0 unspecified atom stereocenters. The van der Waals surface area contributed by atoms with Gasteiger partial charge in [-0.25, -0.2) is 8.42 Å². The lowest BCUT2D eigenvalue weighted by Gasteiger charge is -2.23. The summed E-state index contributed by atoms with van der Waals surface area (Å²) < 4.78 is 29.3.